The van der Waals surface area contributed by atoms with Crippen LogP contribution in [0.15, 0.2) is 72.8 Å². The van der Waals surface area contributed by atoms with Crippen molar-refractivity contribution in [2.75, 3.05) is 0 Å². The van der Waals surface area contributed by atoms with Crippen LogP contribution in [0.5, 0.6) is 0 Å². The second-order valence-electron chi connectivity index (χ2n) is 7.32. The lowest BCUT2D eigenvalue weighted by molar-refractivity contribution is 0.0128. The highest BCUT2D eigenvalue weighted by atomic mass is 32.2. The van der Waals surface area contributed by atoms with E-state index in [0.29, 0.717) is 5.56 Å². The van der Waals surface area contributed by atoms with Crippen molar-refractivity contribution in [1.29, 1.82) is 0 Å². The predicted molar refractivity (Wildman–Crippen MR) is 120 cm³/mol. The molecule has 5 heteroatoms. The molecule has 0 spiro atoms. The molecule has 0 N–H and O–H groups in total. The fourth-order valence-corrected chi connectivity index (χ4v) is 5.69. The Morgan fingerprint density at radius 2 is 1.71 bits per heavy atom. The molecular formula is C26H19F2O2S+. The van der Waals surface area contributed by atoms with Crippen LogP contribution in [-0.4, -0.2) is 5.97 Å². The number of aryl methyl sites for hydroxylation is 1. The van der Waals surface area contributed by atoms with Gasteiger partial charge in [0.1, 0.15) is 0 Å². The zero-order chi connectivity index (χ0) is 22.2. The average molecular weight is 433 g/mol. The van der Waals surface area contributed by atoms with E-state index in [0.717, 1.165) is 17.0 Å². The van der Waals surface area contributed by atoms with E-state index in [1.165, 1.54) is 28.0 Å². The van der Waals surface area contributed by atoms with Gasteiger partial charge in [-0.1, -0.05) is 24.1 Å². The number of thiophene rings is 1. The van der Waals surface area contributed by atoms with E-state index >= 15 is 0 Å². The average Bonchev–Trinajstić information content (AvgIpc) is 3.11. The third kappa shape index (κ3) is 3.83. The second-order valence-corrected chi connectivity index (χ2v) is 9.49. The number of hydrogen-bond acceptors (Lipinski definition) is 2. The van der Waals surface area contributed by atoms with Crippen molar-refractivity contribution in [3.05, 3.63) is 100 Å². The van der Waals surface area contributed by atoms with Crippen molar-refractivity contribution >= 4 is 26.5 Å². The first kappa shape index (κ1) is 20.8. The number of halogens is 2. The van der Waals surface area contributed by atoms with Gasteiger partial charge in [-0.2, -0.15) is 0 Å². The number of rotatable bonds is 4. The molecule has 0 saturated heterocycles. The van der Waals surface area contributed by atoms with E-state index in [4.69, 9.17) is 11.2 Å². The van der Waals surface area contributed by atoms with E-state index in [1.807, 2.05) is 24.3 Å². The molecule has 0 aliphatic heterocycles. The number of carbonyl (C=O) groups excluding carboxylic acids is 1. The molecule has 31 heavy (non-hydrogen) atoms. The Hall–Kier alpha value is -3.49. The molecule has 0 fully saturated rings. The Bertz CT molecular complexity index is 1330. The highest BCUT2D eigenvalue weighted by Gasteiger charge is 2.30. The van der Waals surface area contributed by atoms with Crippen molar-refractivity contribution in [1.82, 2.24) is 0 Å². The lowest BCUT2D eigenvalue weighted by atomic mass is 9.96. The van der Waals surface area contributed by atoms with Crippen molar-refractivity contribution < 1.29 is 18.3 Å². The van der Waals surface area contributed by atoms with E-state index in [9.17, 15) is 13.6 Å². The molecule has 0 aliphatic carbocycles. The van der Waals surface area contributed by atoms with Crippen molar-refractivity contribution in [3.63, 3.8) is 0 Å². The van der Waals surface area contributed by atoms with Crippen LogP contribution in [0.1, 0.15) is 27.7 Å². The second kappa shape index (κ2) is 7.98. The van der Waals surface area contributed by atoms with Gasteiger partial charge in [-0.25, -0.2) is 13.6 Å². The molecule has 0 aliphatic rings. The fraction of sp³-hybridized carbons (Fsp3) is 0.115. The lowest BCUT2D eigenvalue weighted by Crippen LogP contribution is -2.27. The van der Waals surface area contributed by atoms with Gasteiger partial charge in [-0.15, -0.1) is 6.42 Å². The monoisotopic (exact) mass is 433 g/mol. The molecular weight excluding hydrogens is 414 g/mol. The summed E-state index contributed by atoms with van der Waals surface area (Å²) < 4.78 is 33.7. The molecule has 1 heterocycles. The maximum atomic E-state index is 13.6. The van der Waals surface area contributed by atoms with Crippen LogP contribution >= 0.6 is 10.5 Å². The number of hydrogen-bond donors (Lipinski definition) is 0. The summed E-state index contributed by atoms with van der Waals surface area (Å²) in [6.07, 6.45) is 5.57. The van der Waals surface area contributed by atoms with Crippen LogP contribution < -0.4 is 0 Å². The topological polar surface area (TPSA) is 26.3 Å². The van der Waals surface area contributed by atoms with E-state index in [1.54, 1.807) is 12.1 Å². The smallest absolute Gasteiger partial charge is 0.339 e. The van der Waals surface area contributed by atoms with Crippen LogP contribution in [0.25, 0.3) is 15.0 Å². The molecule has 4 aromatic rings. The van der Waals surface area contributed by atoms with Crippen molar-refractivity contribution in [2.24, 2.45) is 0 Å². The Balaban J connectivity index is 1.61. The van der Waals surface area contributed by atoms with Crippen LogP contribution in [0.2, 0.25) is 0 Å². The summed E-state index contributed by atoms with van der Waals surface area (Å²) >= 11 is 0. The van der Waals surface area contributed by atoms with Gasteiger partial charge in [0.05, 0.1) is 5.56 Å². The van der Waals surface area contributed by atoms with Gasteiger partial charge >= 0.3 is 5.97 Å². The van der Waals surface area contributed by atoms with Gasteiger partial charge in [-0.3, -0.25) is 0 Å². The zero-order valence-electron chi connectivity index (χ0n) is 17.0. The van der Waals surface area contributed by atoms with Crippen LogP contribution in [0.4, 0.5) is 8.78 Å². The molecule has 0 bridgehead atoms. The Morgan fingerprint density at radius 1 is 1.00 bits per heavy atom. The van der Waals surface area contributed by atoms with Gasteiger partial charge < -0.3 is 4.74 Å². The molecule has 3 aromatic carbocycles. The number of benzene rings is 3. The molecule has 2 atom stereocenters. The number of ether oxygens (including phenoxy) is 1. The highest BCUT2D eigenvalue weighted by Crippen LogP contribution is 2.43. The minimum Gasteiger partial charge on any atom is -0.438 e. The number of esters is 1. The fourth-order valence-electron chi connectivity index (χ4n) is 3.49. The van der Waals surface area contributed by atoms with Gasteiger partial charge in [0.25, 0.3) is 0 Å². The third-order valence-electron chi connectivity index (χ3n) is 5.19. The summed E-state index contributed by atoms with van der Waals surface area (Å²) in [5.41, 5.74) is -1.02. The van der Waals surface area contributed by atoms with E-state index < -0.39 is 23.2 Å². The third-order valence-corrected chi connectivity index (χ3v) is 7.51. The summed E-state index contributed by atoms with van der Waals surface area (Å²) in [6.45, 7) is 3.57. The molecule has 1 aromatic heterocycles. The van der Waals surface area contributed by atoms with Gasteiger partial charge in [0.2, 0.25) is 0 Å². The SMILES string of the molecule is C#CC(C)(OC(=O)c1ccc(-[s+]2c(C)cc3ccccc32)cc1)c1ccc(F)c(F)c1. The van der Waals surface area contributed by atoms with Gasteiger partial charge in [-0.05, 0) is 55.5 Å². The molecule has 2 unspecified atom stereocenters. The molecule has 0 saturated carbocycles. The molecule has 0 radical (unpaired) electrons. The van der Waals surface area contributed by atoms with Crippen LogP contribution in [0, 0.1) is 30.9 Å². The molecule has 2 nitrogen and oxygen atoms in total. The summed E-state index contributed by atoms with van der Waals surface area (Å²) in [4.78, 5) is 15.1. The molecule has 0 amide bonds. The first-order valence-electron chi connectivity index (χ1n) is 9.61. The first-order chi connectivity index (χ1) is 14.8. The summed E-state index contributed by atoms with van der Waals surface area (Å²) in [5.74, 6) is -0.314. The molecule has 4 rings (SSSR count). The minimum absolute atomic E-state index is 0.184. The maximum absolute atomic E-state index is 13.6. The largest absolute Gasteiger partial charge is 0.438 e. The summed E-state index contributed by atoms with van der Waals surface area (Å²) in [6, 6.07) is 20.8. The maximum Gasteiger partial charge on any atom is 0.339 e. The number of terminal acetylenes is 1. The lowest BCUT2D eigenvalue weighted by Gasteiger charge is -2.24. The predicted octanol–water partition coefficient (Wildman–Crippen LogP) is 6.87. The van der Waals surface area contributed by atoms with Crippen LogP contribution in [-0.2, 0) is 10.3 Å². The van der Waals surface area contributed by atoms with E-state index in [2.05, 4.69) is 31.0 Å². The standard InChI is InChI=1S/C26H19F2O2S/c1-4-26(3,20-11-14-22(27)23(28)16-20)30-25(29)18-9-12-21(13-10-18)31-17(2)15-19-7-5-6-8-24(19)31/h1,5-16H,2-3H3/q+1. The number of carbonyl (C=O) groups is 1. The Morgan fingerprint density at radius 3 is 2.39 bits per heavy atom. The normalized spacial score (nSPS) is 13.5. The quantitative estimate of drug-likeness (QED) is 0.199. The summed E-state index contributed by atoms with van der Waals surface area (Å²) in [5, 5.41) is 1.21. The van der Waals surface area contributed by atoms with Gasteiger partial charge in [0.15, 0.2) is 31.7 Å². The summed E-state index contributed by atoms with van der Waals surface area (Å²) in [7, 11) is -0.188. The Kier molecular flexibility index (Phi) is 5.34. The first-order valence-corrected chi connectivity index (χ1v) is 10.8. The van der Waals surface area contributed by atoms with Crippen LogP contribution in [0.3, 0.4) is 0 Å². The van der Waals surface area contributed by atoms with Crippen molar-refractivity contribution in [3.8, 4) is 17.2 Å². The highest BCUT2D eigenvalue weighted by molar-refractivity contribution is 7.45. The van der Waals surface area contributed by atoms with Gasteiger partial charge in [0, 0.05) is 34.4 Å². The van der Waals surface area contributed by atoms with Crippen molar-refractivity contribution in [2.45, 2.75) is 19.4 Å². The minimum atomic E-state index is -1.53. The Labute approximate surface area is 182 Å². The zero-order valence-corrected chi connectivity index (χ0v) is 17.8. The number of fused-ring (bicyclic) bond motifs is 1. The van der Waals surface area contributed by atoms with E-state index in [-0.39, 0.29) is 16.0 Å². The molecule has 154 valence electrons.